The van der Waals surface area contributed by atoms with E-state index in [1.165, 1.54) is 54.9 Å². The SMILES string of the molecule is Brc1cc2c(c3ccccc13)-c1c(cc(Br)c3ccccc13)C2(c1ccccc1)c1ccccc1. The van der Waals surface area contributed by atoms with E-state index in [0.717, 1.165) is 8.95 Å². The molecular formula is C33H20Br2. The molecule has 0 spiro atoms. The molecule has 6 aromatic carbocycles. The number of hydrogen-bond donors (Lipinski definition) is 0. The minimum absolute atomic E-state index is 0.438. The van der Waals surface area contributed by atoms with Crippen molar-refractivity contribution in [2.45, 2.75) is 5.41 Å². The van der Waals surface area contributed by atoms with Crippen LogP contribution in [0.5, 0.6) is 0 Å². The molecule has 0 radical (unpaired) electrons. The number of fused-ring (bicyclic) bond motifs is 7. The first-order chi connectivity index (χ1) is 17.2. The van der Waals surface area contributed by atoms with Gasteiger partial charge in [0.25, 0.3) is 0 Å². The Labute approximate surface area is 221 Å². The molecule has 0 aromatic heterocycles. The first-order valence-corrected chi connectivity index (χ1v) is 13.3. The van der Waals surface area contributed by atoms with Gasteiger partial charge in [-0.3, -0.25) is 0 Å². The van der Waals surface area contributed by atoms with Gasteiger partial charge in [-0.05, 0) is 67.1 Å². The van der Waals surface area contributed by atoms with Gasteiger partial charge in [0.15, 0.2) is 0 Å². The third kappa shape index (κ3) is 2.84. The van der Waals surface area contributed by atoms with Crippen LogP contribution in [0.3, 0.4) is 0 Å². The molecule has 1 aliphatic rings. The molecular weight excluding hydrogens is 556 g/mol. The first-order valence-electron chi connectivity index (χ1n) is 11.8. The highest BCUT2D eigenvalue weighted by Gasteiger charge is 2.47. The van der Waals surface area contributed by atoms with Crippen LogP contribution < -0.4 is 0 Å². The monoisotopic (exact) mass is 574 g/mol. The summed E-state index contributed by atoms with van der Waals surface area (Å²) in [4.78, 5) is 0. The predicted molar refractivity (Wildman–Crippen MR) is 154 cm³/mol. The Bertz CT molecular complexity index is 1620. The molecule has 0 N–H and O–H groups in total. The van der Waals surface area contributed by atoms with Crippen LogP contribution in [-0.2, 0) is 5.41 Å². The van der Waals surface area contributed by atoms with Crippen molar-refractivity contribution in [2.75, 3.05) is 0 Å². The van der Waals surface area contributed by atoms with Crippen molar-refractivity contribution < 1.29 is 0 Å². The summed E-state index contributed by atoms with van der Waals surface area (Å²) in [6, 6.07) is 44.2. The zero-order chi connectivity index (χ0) is 23.6. The molecule has 35 heavy (non-hydrogen) atoms. The van der Waals surface area contributed by atoms with Crippen LogP contribution in [0.15, 0.2) is 130 Å². The lowest BCUT2D eigenvalue weighted by Crippen LogP contribution is -2.28. The van der Waals surface area contributed by atoms with Gasteiger partial charge in [-0.25, -0.2) is 0 Å². The Kier molecular flexibility index (Phi) is 4.77. The number of rotatable bonds is 2. The maximum atomic E-state index is 3.95. The van der Waals surface area contributed by atoms with Crippen LogP contribution >= 0.6 is 31.9 Å². The van der Waals surface area contributed by atoms with Crippen molar-refractivity contribution in [1.82, 2.24) is 0 Å². The molecule has 166 valence electrons. The molecule has 0 atom stereocenters. The highest BCUT2D eigenvalue weighted by atomic mass is 79.9. The minimum Gasteiger partial charge on any atom is -0.0622 e. The van der Waals surface area contributed by atoms with Gasteiger partial charge in [-0.1, -0.05) is 141 Å². The predicted octanol–water partition coefficient (Wildman–Crippen LogP) is 9.88. The second-order valence-corrected chi connectivity index (χ2v) is 10.8. The summed E-state index contributed by atoms with van der Waals surface area (Å²) in [5, 5.41) is 5.03. The standard InChI is InChI=1S/C33H20Br2/c34-29-19-27-31(25-17-9-7-15-23(25)29)32-26-18-10-8-16-24(26)30(35)20-28(32)33(27,21-11-3-1-4-12-21)22-13-5-2-6-14-22/h1-20H. The Morgan fingerprint density at radius 3 is 1.14 bits per heavy atom. The summed E-state index contributed by atoms with van der Waals surface area (Å²) in [7, 11) is 0. The van der Waals surface area contributed by atoms with E-state index >= 15 is 0 Å². The molecule has 0 heterocycles. The molecule has 0 unspecified atom stereocenters. The van der Waals surface area contributed by atoms with E-state index in [0.29, 0.717) is 0 Å². The summed E-state index contributed by atoms with van der Waals surface area (Å²) in [6.07, 6.45) is 0. The molecule has 7 rings (SSSR count). The van der Waals surface area contributed by atoms with E-state index in [9.17, 15) is 0 Å². The smallest absolute Gasteiger partial charge is 0.0622 e. The molecule has 1 aliphatic carbocycles. The van der Waals surface area contributed by atoms with Crippen molar-refractivity contribution in [3.8, 4) is 11.1 Å². The summed E-state index contributed by atoms with van der Waals surface area (Å²) in [5.41, 5.74) is 7.40. The first kappa shape index (κ1) is 21.1. The number of hydrogen-bond acceptors (Lipinski definition) is 0. The van der Waals surface area contributed by atoms with Crippen LogP contribution in [-0.4, -0.2) is 0 Å². The van der Waals surface area contributed by atoms with Crippen LogP contribution in [0.1, 0.15) is 22.3 Å². The van der Waals surface area contributed by atoms with E-state index in [4.69, 9.17) is 0 Å². The van der Waals surface area contributed by atoms with Gasteiger partial charge < -0.3 is 0 Å². The Morgan fingerprint density at radius 1 is 0.400 bits per heavy atom. The maximum absolute atomic E-state index is 3.95. The van der Waals surface area contributed by atoms with Gasteiger partial charge in [-0.2, -0.15) is 0 Å². The lowest BCUT2D eigenvalue weighted by molar-refractivity contribution is 0.768. The Balaban J connectivity index is 1.80. The van der Waals surface area contributed by atoms with Gasteiger partial charge in [0.1, 0.15) is 0 Å². The average Bonchev–Trinajstić information content (AvgIpc) is 3.21. The fourth-order valence-electron chi connectivity index (χ4n) is 6.10. The normalized spacial score (nSPS) is 13.7. The molecule has 0 fully saturated rings. The summed E-state index contributed by atoms with van der Waals surface area (Å²) in [6.45, 7) is 0. The molecule has 0 bridgehead atoms. The number of halogens is 2. The van der Waals surface area contributed by atoms with E-state index in [1.54, 1.807) is 0 Å². The van der Waals surface area contributed by atoms with Crippen LogP contribution in [0.4, 0.5) is 0 Å². The van der Waals surface area contributed by atoms with E-state index in [-0.39, 0.29) is 0 Å². The second-order valence-electron chi connectivity index (χ2n) is 9.14. The molecule has 0 nitrogen and oxygen atoms in total. The Hall–Kier alpha value is -3.20. The van der Waals surface area contributed by atoms with Crippen molar-refractivity contribution >= 4 is 53.4 Å². The number of benzene rings is 6. The van der Waals surface area contributed by atoms with Crippen LogP contribution in [0.2, 0.25) is 0 Å². The quantitative estimate of drug-likeness (QED) is 0.192. The maximum Gasteiger partial charge on any atom is 0.0714 e. The lowest BCUT2D eigenvalue weighted by Gasteiger charge is -2.34. The molecule has 0 saturated heterocycles. The fraction of sp³-hybridized carbons (Fsp3) is 0.0303. The zero-order valence-corrected chi connectivity index (χ0v) is 22.0. The van der Waals surface area contributed by atoms with E-state index < -0.39 is 5.41 Å². The van der Waals surface area contributed by atoms with Crippen LogP contribution in [0, 0.1) is 0 Å². The molecule has 0 amide bonds. The van der Waals surface area contributed by atoms with Gasteiger partial charge in [0.05, 0.1) is 5.41 Å². The summed E-state index contributed by atoms with van der Waals surface area (Å²) >= 11 is 7.89. The van der Waals surface area contributed by atoms with Gasteiger partial charge in [0, 0.05) is 8.95 Å². The third-order valence-electron chi connectivity index (χ3n) is 7.46. The molecule has 0 aliphatic heterocycles. The lowest BCUT2D eigenvalue weighted by atomic mass is 9.67. The average molecular weight is 576 g/mol. The van der Waals surface area contributed by atoms with Crippen LogP contribution in [0.25, 0.3) is 32.7 Å². The summed E-state index contributed by atoms with van der Waals surface area (Å²) < 4.78 is 2.25. The van der Waals surface area contributed by atoms with Crippen molar-refractivity contribution in [3.63, 3.8) is 0 Å². The topological polar surface area (TPSA) is 0 Å². The van der Waals surface area contributed by atoms with Crippen molar-refractivity contribution in [3.05, 3.63) is 153 Å². The van der Waals surface area contributed by atoms with E-state index in [2.05, 4.69) is 153 Å². The molecule has 0 saturated carbocycles. The molecule has 6 aromatic rings. The van der Waals surface area contributed by atoms with Crippen molar-refractivity contribution in [1.29, 1.82) is 0 Å². The third-order valence-corrected chi connectivity index (χ3v) is 8.77. The molecule has 2 heteroatoms. The second kappa shape index (κ2) is 7.91. The van der Waals surface area contributed by atoms with Gasteiger partial charge in [-0.15, -0.1) is 0 Å². The highest BCUT2D eigenvalue weighted by Crippen LogP contribution is 2.60. The largest absolute Gasteiger partial charge is 0.0714 e. The zero-order valence-electron chi connectivity index (χ0n) is 18.8. The summed E-state index contributed by atoms with van der Waals surface area (Å²) in [5.74, 6) is 0. The van der Waals surface area contributed by atoms with Crippen molar-refractivity contribution in [2.24, 2.45) is 0 Å². The minimum atomic E-state index is -0.438. The Morgan fingerprint density at radius 2 is 0.743 bits per heavy atom. The van der Waals surface area contributed by atoms with Gasteiger partial charge >= 0.3 is 0 Å². The highest BCUT2D eigenvalue weighted by molar-refractivity contribution is 9.11. The van der Waals surface area contributed by atoms with E-state index in [1.807, 2.05) is 0 Å². The fourth-order valence-corrected chi connectivity index (χ4v) is 7.25. The van der Waals surface area contributed by atoms with Gasteiger partial charge in [0.2, 0.25) is 0 Å².